The zero-order valence-corrected chi connectivity index (χ0v) is 8.40. The standard InChI is InChI=1S/C4H9.C2H8OSi/c1-4(2)3;1-2-3-4/h4H,1H2,2-3H3;2H2,1,4H3. The van der Waals surface area contributed by atoms with Crippen molar-refractivity contribution in [2.45, 2.75) is 20.8 Å². The lowest BCUT2D eigenvalue weighted by molar-refractivity contribution is 0.375. The van der Waals surface area contributed by atoms with Crippen LogP contribution in [0.5, 0.6) is 0 Å². The van der Waals surface area contributed by atoms with Gasteiger partial charge in [-0.1, -0.05) is 20.8 Å². The van der Waals surface area contributed by atoms with E-state index in [-0.39, 0.29) is 0 Å². The van der Waals surface area contributed by atoms with E-state index in [9.17, 15) is 0 Å². The molecule has 0 aliphatic heterocycles. The number of hydrogen-bond acceptors (Lipinski definition) is 1. The van der Waals surface area contributed by atoms with E-state index in [1.54, 1.807) is 0 Å². The zero-order chi connectivity index (χ0) is 6.99. The summed E-state index contributed by atoms with van der Waals surface area (Å²) in [6.45, 7) is 10.6. The van der Waals surface area contributed by atoms with Crippen molar-refractivity contribution in [3.63, 3.8) is 0 Å². The van der Waals surface area contributed by atoms with Crippen LogP contribution in [0, 0.1) is 12.8 Å². The highest BCUT2D eigenvalue weighted by atomic mass is 28.2. The van der Waals surface area contributed by atoms with E-state index in [1.165, 1.54) is 0 Å². The average Bonchev–Trinajstić information content (AvgIpc) is 1.65. The molecule has 0 fully saturated rings. The second kappa shape index (κ2) is 10.2. The van der Waals surface area contributed by atoms with E-state index >= 15 is 0 Å². The lowest BCUT2D eigenvalue weighted by atomic mass is 10.3. The maximum absolute atomic E-state index is 4.68. The van der Waals surface area contributed by atoms with Crippen LogP contribution in [0.2, 0.25) is 0 Å². The molecule has 1 radical (unpaired) electrons. The Morgan fingerprint density at radius 2 is 1.75 bits per heavy atom. The van der Waals surface area contributed by atoms with Gasteiger partial charge in [-0.3, -0.25) is 0 Å². The van der Waals surface area contributed by atoms with Gasteiger partial charge in [0.2, 0.25) is 0 Å². The van der Waals surface area contributed by atoms with Crippen LogP contribution in [0.25, 0.3) is 0 Å². The van der Waals surface area contributed by atoms with Crippen molar-refractivity contribution < 1.29 is 4.43 Å². The Morgan fingerprint density at radius 3 is 1.75 bits per heavy atom. The van der Waals surface area contributed by atoms with E-state index in [1.807, 2.05) is 6.92 Å². The Kier molecular flexibility index (Phi) is 14.1. The van der Waals surface area contributed by atoms with Crippen LogP contribution in [0.1, 0.15) is 20.8 Å². The topological polar surface area (TPSA) is 9.23 Å². The largest absolute Gasteiger partial charge is 0.428 e. The van der Waals surface area contributed by atoms with E-state index in [4.69, 9.17) is 0 Å². The van der Waals surface area contributed by atoms with E-state index in [2.05, 4.69) is 25.2 Å². The molecule has 0 rings (SSSR count). The smallest absolute Gasteiger partial charge is 0.145 e. The van der Waals surface area contributed by atoms with Gasteiger partial charge in [-0.05, 0) is 12.8 Å². The highest BCUT2D eigenvalue weighted by Crippen LogP contribution is 1.80. The summed E-state index contributed by atoms with van der Waals surface area (Å²) in [7, 11) is 0.890. The normalized spacial score (nSPS) is 8.62. The molecule has 0 aliphatic carbocycles. The van der Waals surface area contributed by atoms with Crippen LogP contribution < -0.4 is 0 Å². The van der Waals surface area contributed by atoms with Crippen molar-refractivity contribution in [3.05, 3.63) is 6.92 Å². The molecule has 0 amide bonds. The van der Waals surface area contributed by atoms with Crippen LogP contribution in [0.3, 0.4) is 0 Å². The van der Waals surface area contributed by atoms with E-state index in [0.717, 1.165) is 17.1 Å². The molecule has 0 atom stereocenters. The van der Waals surface area contributed by atoms with Gasteiger partial charge >= 0.3 is 0 Å². The molecule has 0 saturated heterocycles. The minimum Gasteiger partial charge on any atom is -0.428 e. The zero-order valence-electron chi connectivity index (χ0n) is 6.40. The molecule has 0 N–H and O–H groups in total. The van der Waals surface area contributed by atoms with Gasteiger partial charge in [0.05, 0.1) is 0 Å². The molecule has 0 aromatic heterocycles. The number of rotatable bonds is 1. The fraction of sp³-hybridized carbons (Fsp3) is 0.833. The molecule has 8 heavy (non-hydrogen) atoms. The quantitative estimate of drug-likeness (QED) is 0.480. The van der Waals surface area contributed by atoms with Gasteiger partial charge in [0, 0.05) is 6.61 Å². The molecule has 2 heteroatoms. The summed E-state index contributed by atoms with van der Waals surface area (Å²) in [6, 6.07) is 0. The van der Waals surface area contributed by atoms with Crippen molar-refractivity contribution in [2.24, 2.45) is 5.92 Å². The Labute approximate surface area is 56.0 Å². The summed E-state index contributed by atoms with van der Waals surface area (Å²) in [5, 5.41) is 0. The van der Waals surface area contributed by atoms with Crippen molar-refractivity contribution in [1.29, 1.82) is 0 Å². The monoisotopic (exact) mass is 133 g/mol. The SMILES string of the molecule is CCO[SiH3].[CH2]C(C)C. The Hall–Kier alpha value is 0.177. The van der Waals surface area contributed by atoms with Crippen molar-refractivity contribution in [1.82, 2.24) is 0 Å². The molecule has 0 aromatic rings. The van der Waals surface area contributed by atoms with E-state index in [0.29, 0.717) is 5.92 Å². The Bertz CT molecular complexity index is 25.0. The van der Waals surface area contributed by atoms with Gasteiger partial charge in [0.25, 0.3) is 0 Å². The summed E-state index contributed by atoms with van der Waals surface area (Å²) < 4.78 is 4.68. The van der Waals surface area contributed by atoms with Gasteiger partial charge in [-0.25, -0.2) is 0 Å². The van der Waals surface area contributed by atoms with Crippen LogP contribution in [0.15, 0.2) is 0 Å². The van der Waals surface area contributed by atoms with Crippen molar-refractivity contribution in [2.75, 3.05) is 6.61 Å². The third-order valence-electron chi connectivity index (χ3n) is 0.289. The Balaban J connectivity index is 0. The first-order chi connectivity index (χ1) is 3.65. The fourth-order valence-electron chi connectivity index (χ4n) is 0. The average molecular weight is 133 g/mol. The van der Waals surface area contributed by atoms with Gasteiger partial charge in [0.1, 0.15) is 10.5 Å². The highest BCUT2D eigenvalue weighted by molar-refractivity contribution is 5.97. The summed E-state index contributed by atoms with van der Waals surface area (Å²) in [4.78, 5) is 0. The molecule has 0 heterocycles. The molecular weight excluding hydrogens is 116 g/mol. The van der Waals surface area contributed by atoms with E-state index < -0.39 is 0 Å². The minimum absolute atomic E-state index is 0.583. The molecule has 1 nitrogen and oxygen atoms in total. The van der Waals surface area contributed by atoms with Crippen LogP contribution in [0.4, 0.5) is 0 Å². The second-order valence-electron chi connectivity index (χ2n) is 1.97. The Morgan fingerprint density at radius 1 is 1.62 bits per heavy atom. The summed E-state index contributed by atoms with van der Waals surface area (Å²) >= 11 is 0. The maximum atomic E-state index is 4.68. The maximum Gasteiger partial charge on any atom is 0.145 e. The first-order valence-electron chi connectivity index (χ1n) is 2.97. The molecule has 0 aliphatic rings. The first kappa shape index (κ1) is 11.0. The highest BCUT2D eigenvalue weighted by Gasteiger charge is 1.68. The molecular formula is C6H17OSi. The van der Waals surface area contributed by atoms with Gasteiger partial charge in [-0.15, -0.1) is 0 Å². The second-order valence-corrected chi connectivity index (χ2v) is 2.55. The van der Waals surface area contributed by atoms with Crippen molar-refractivity contribution in [3.8, 4) is 0 Å². The molecule has 0 aromatic carbocycles. The van der Waals surface area contributed by atoms with Gasteiger partial charge in [-0.2, -0.15) is 0 Å². The fourth-order valence-corrected chi connectivity index (χ4v) is 0. The molecule has 0 unspecified atom stereocenters. The molecule has 51 valence electrons. The summed E-state index contributed by atoms with van der Waals surface area (Å²) in [6.07, 6.45) is 0. The molecule has 0 saturated carbocycles. The molecule has 0 spiro atoms. The molecule has 0 bridgehead atoms. The summed E-state index contributed by atoms with van der Waals surface area (Å²) in [5.74, 6) is 0.583. The third-order valence-corrected chi connectivity index (χ3v) is 0.866. The van der Waals surface area contributed by atoms with Crippen molar-refractivity contribution >= 4 is 10.5 Å². The third kappa shape index (κ3) is 120. The predicted octanol–water partition coefficient (Wildman–Crippen LogP) is 0.780. The van der Waals surface area contributed by atoms with Gasteiger partial charge in [0.15, 0.2) is 0 Å². The predicted molar refractivity (Wildman–Crippen MR) is 41.8 cm³/mol. The van der Waals surface area contributed by atoms with Crippen LogP contribution in [-0.4, -0.2) is 17.1 Å². The van der Waals surface area contributed by atoms with Crippen LogP contribution >= 0.6 is 0 Å². The lowest BCUT2D eigenvalue weighted by Crippen LogP contribution is -1.76. The first-order valence-corrected chi connectivity index (χ1v) is 3.78. The minimum atomic E-state index is 0.583. The van der Waals surface area contributed by atoms with Crippen LogP contribution in [-0.2, 0) is 4.43 Å². The van der Waals surface area contributed by atoms with Gasteiger partial charge < -0.3 is 4.43 Å². The number of hydrogen-bond donors (Lipinski definition) is 0. The lowest BCUT2D eigenvalue weighted by Gasteiger charge is -1.78. The summed E-state index contributed by atoms with van der Waals surface area (Å²) in [5.41, 5.74) is 0.